The first-order valence-electron chi connectivity index (χ1n) is 10.8. The summed E-state index contributed by atoms with van der Waals surface area (Å²) in [5.41, 5.74) is 8.49. The summed E-state index contributed by atoms with van der Waals surface area (Å²) in [5, 5.41) is 14.8. The molecule has 0 radical (unpaired) electrons. The van der Waals surface area contributed by atoms with E-state index in [2.05, 4.69) is 50.9 Å². The van der Waals surface area contributed by atoms with Crippen LogP contribution in [0.25, 0.3) is 0 Å². The second kappa shape index (κ2) is 8.55. The van der Waals surface area contributed by atoms with E-state index < -0.39 is 6.10 Å². The van der Waals surface area contributed by atoms with Gasteiger partial charge in [-0.3, -0.25) is 0 Å². The van der Waals surface area contributed by atoms with Gasteiger partial charge < -0.3 is 5.11 Å². The van der Waals surface area contributed by atoms with E-state index in [1.807, 2.05) is 0 Å². The van der Waals surface area contributed by atoms with Crippen molar-refractivity contribution >= 4 is 26.5 Å². The van der Waals surface area contributed by atoms with Crippen molar-refractivity contribution < 1.29 is 5.11 Å². The Hall–Kier alpha value is -0.740. The fraction of sp³-hybridized carbons (Fsp3) is 0.520. The van der Waals surface area contributed by atoms with Crippen molar-refractivity contribution in [3.05, 3.63) is 57.6 Å². The SMILES string of the molecule is CP(C)c1ccc2c(c1C(O)c1c(P(C)C)ccc3c1CCCC3)CCCC2. The lowest BCUT2D eigenvalue weighted by Crippen LogP contribution is -2.26. The molecule has 0 fully saturated rings. The molecule has 0 atom stereocenters. The fourth-order valence-electron chi connectivity index (χ4n) is 5.22. The Bertz CT molecular complexity index is 798. The molecule has 0 saturated carbocycles. The highest BCUT2D eigenvalue weighted by Gasteiger charge is 2.29. The van der Waals surface area contributed by atoms with Crippen LogP contribution < -0.4 is 10.6 Å². The van der Waals surface area contributed by atoms with Crippen LogP contribution in [0.1, 0.15) is 65.2 Å². The molecule has 3 heteroatoms. The van der Waals surface area contributed by atoms with Crippen LogP contribution in [-0.2, 0) is 25.7 Å². The first kappa shape index (κ1) is 20.5. The summed E-state index contributed by atoms with van der Waals surface area (Å²) in [5.74, 6) is 0. The predicted molar refractivity (Wildman–Crippen MR) is 127 cm³/mol. The molecule has 1 N–H and O–H groups in total. The lowest BCUT2D eigenvalue weighted by Gasteiger charge is -2.31. The van der Waals surface area contributed by atoms with Crippen LogP contribution in [0.5, 0.6) is 0 Å². The minimum Gasteiger partial charge on any atom is -0.384 e. The maximum Gasteiger partial charge on any atom is 0.106 e. The van der Waals surface area contributed by atoms with Gasteiger partial charge >= 0.3 is 0 Å². The second-order valence-electron chi connectivity index (χ2n) is 8.88. The summed E-state index contributed by atoms with van der Waals surface area (Å²) in [4.78, 5) is 0. The molecule has 150 valence electrons. The van der Waals surface area contributed by atoms with Crippen LogP contribution in [0.3, 0.4) is 0 Å². The number of hydrogen-bond donors (Lipinski definition) is 1. The van der Waals surface area contributed by atoms with Crippen molar-refractivity contribution in [2.75, 3.05) is 26.7 Å². The van der Waals surface area contributed by atoms with Crippen molar-refractivity contribution in [2.24, 2.45) is 0 Å². The third-order valence-corrected chi connectivity index (χ3v) is 9.33. The highest BCUT2D eigenvalue weighted by molar-refractivity contribution is 7.64. The van der Waals surface area contributed by atoms with Crippen LogP contribution >= 0.6 is 15.8 Å². The van der Waals surface area contributed by atoms with Gasteiger partial charge in [0.15, 0.2) is 0 Å². The van der Waals surface area contributed by atoms with Gasteiger partial charge in [-0.15, -0.1) is 0 Å². The Kier molecular flexibility index (Phi) is 6.27. The molecule has 0 unspecified atom stereocenters. The van der Waals surface area contributed by atoms with Crippen molar-refractivity contribution in [2.45, 2.75) is 57.5 Å². The molecule has 2 aliphatic rings. The van der Waals surface area contributed by atoms with E-state index in [9.17, 15) is 5.11 Å². The number of hydrogen-bond acceptors (Lipinski definition) is 1. The molecule has 28 heavy (non-hydrogen) atoms. The molecule has 0 amide bonds. The maximum atomic E-state index is 12.0. The largest absolute Gasteiger partial charge is 0.384 e. The summed E-state index contributed by atoms with van der Waals surface area (Å²) in [7, 11) is -0.491. The topological polar surface area (TPSA) is 20.2 Å². The quantitative estimate of drug-likeness (QED) is 0.680. The first-order valence-corrected chi connectivity index (χ1v) is 15.3. The van der Waals surface area contributed by atoms with E-state index in [1.165, 1.54) is 82.5 Å². The lowest BCUT2D eigenvalue weighted by atomic mass is 9.81. The summed E-state index contributed by atoms with van der Waals surface area (Å²) < 4.78 is 0. The van der Waals surface area contributed by atoms with Crippen molar-refractivity contribution in [1.82, 2.24) is 0 Å². The Morgan fingerprint density at radius 2 is 1.04 bits per heavy atom. The highest BCUT2D eigenvalue weighted by atomic mass is 31.1. The van der Waals surface area contributed by atoms with E-state index in [0.29, 0.717) is 0 Å². The summed E-state index contributed by atoms with van der Waals surface area (Å²) in [6.07, 6.45) is 9.26. The van der Waals surface area contributed by atoms with Gasteiger partial charge in [0.1, 0.15) is 6.10 Å². The zero-order valence-electron chi connectivity index (χ0n) is 17.9. The number of aliphatic hydroxyl groups excluding tert-OH is 1. The Morgan fingerprint density at radius 1 is 0.643 bits per heavy atom. The van der Waals surface area contributed by atoms with Gasteiger partial charge in [0, 0.05) is 0 Å². The van der Waals surface area contributed by atoms with Gasteiger partial charge in [0.05, 0.1) is 0 Å². The zero-order valence-corrected chi connectivity index (χ0v) is 19.7. The summed E-state index contributed by atoms with van der Waals surface area (Å²) >= 11 is 0. The number of aryl methyl sites for hydroxylation is 2. The summed E-state index contributed by atoms with van der Waals surface area (Å²) in [6, 6.07) is 9.39. The molecule has 1 nitrogen and oxygen atoms in total. The van der Waals surface area contributed by atoms with Crippen LogP contribution in [0.15, 0.2) is 24.3 Å². The summed E-state index contributed by atoms with van der Waals surface area (Å²) in [6.45, 7) is 9.35. The number of aliphatic hydroxyl groups is 1. The van der Waals surface area contributed by atoms with Gasteiger partial charge in [-0.1, -0.05) is 40.1 Å². The first-order chi connectivity index (χ1) is 13.5. The monoisotopic (exact) mass is 412 g/mol. The maximum absolute atomic E-state index is 12.0. The van der Waals surface area contributed by atoms with E-state index in [-0.39, 0.29) is 15.8 Å². The minimum atomic E-state index is -0.457. The van der Waals surface area contributed by atoms with E-state index in [1.54, 1.807) is 0 Å². The molecule has 0 bridgehead atoms. The van der Waals surface area contributed by atoms with Crippen molar-refractivity contribution in [3.8, 4) is 0 Å². The molecule has 2 aliphatic carbocycles. The molecule has 2 aromatic rings. The molecular formula is C25H34OP2. The van der Waals surface area contributed by atoms with Crippen LogP contribution in [0.4, 0.5) is 0 Å². The second-order valence-corrected chi connectivity index (χ2v) is 13.4. The molecular weight excluding hydrogens is 378 g/mol. The Balaban J connectivity index is 1.94. The molecule has 2 aromatic carbocycles. The van der Waals surface area contributed by atoms with Gasteiger partial charge in [-0.2, -0.15) is 0 Å². The van der Waals surface area contributed by atoms with Crippen molar-refractivity contribution in [3.63, 3.8) is 0 Å². The average molecular weight is 412 g/mol. The van der Waals surface area contributed by atoms with Crippen LogP contribution in [0.2, 0.25) is 0 Å². The predicted octanol–water partition coefficient (Wildman–Crippen LogP) is 5.26. The third kappa shape index (κ3) is 3.71. The normalized spacial score (nSPS) is 16.6. The molecule has 0 heterocycles. The minimum absolute atomic E-state index is 0.245. The van der Waals surface area contributed by atoms with Gasteiger partial charge in [-0.25, -0.2) is 0 Å². The van der Waals surface area contributed by atoms with Gasteiger partial charge in [-0.05, 0) is 122 Å². The van der Waals surface area contributed by atoms with Gasteiger partial charge in [0.2, 0.25) is 0 Å². The van der Waals surface area contributed by atoms with Gasteiger partial charge in [0.25, 0.3) is 0 Å². The highest BCUT2D eigenvalue weighted by Crippen LogP contribution is 2.41. The Labute approximate surface area is 173 Å². The smallest absolute Gasteiger partial charge is 0.106 e. The standard InChI is InChI=1S/C25H34OP2/c1-27(2)21-15-13-17-9-5-7-11-19(17)23(21)25(26)24-20-12-8-6-10-18(20)14-16-22(24)28(3)4/h13-16,25-26H,5-12H2,1-4H3. The average Bonchev–Trinajstić information content (AvgIpc) is 2.71. The zero-order chi connectivity index (χ0) is 19.8. The number of fused-ring (bicyclic) bond motifs is 2. The Morgan fingerprint density at radius 3 is 1.43 bits per heavy atom. The van der Waals surface area contributed by atoms with Crippen LogP contribution in [0, 0.1) is 0 Å². The molecule has 0 aromatic heterocycles. The lowest BCUT2D eigenvalue weighted by molar-refractivity contribution is 0.219. The number of benzene rings is 2. The van der Waals surface area contributed by atoms with E-state index >= 15 is 0 Å². The molecule has 0 aliphatic heterocycles. The van der Waals surface area contributed by atoms with E-state index in [4.69, 9.17) is 0 Å². The third-order valence-electron chi connectivity index (χ3n) is 6.62. The van der Waals surface area contributed by atoms with Crippen LogP contribution in [-0.4, -0.2) is 31.8 Å². The van der Waals surface area contributed by atoms with Crippen molar-refractivity contribution in [1.29, 1.82) is 0 Å². The number of rotatable bonds is 4. The van der Waals surface area contributed by atoms with E-state index in [0.717, 1.165) is 12.8 Å². The molecule has 4 rings (SSSR count). The fourth-order valence-corrected chi connectivity index (χ4v) is 7.45. The molecule has 0 saturated heterocycles. The molecule has 0 spiro atoms.